The Labute approximate surface area is 120 Å². The highest BCUT2D eigenvalue weighted by molar-refractivity contribution is 7.91. The first-order chi connectivity index (χ1) is 9.30. The normalized spacial score (nSPS) is 32.2. The lowest BCUT2D eigenvalue weighted by molar-refractivity contribution is -0.121. The van der Waals surface area contributed by atoms with Crippen molar-refractivity contribution < 1.29 is 17.9 Å². The van der Waals surface area contributed by atoms with Gasteiger partial charge in [-0.05, 0) is 26.0 Å². The van der Waals surface area contributed by atoms with Gasteiger partial charge in [-0.1, -0.05) is 18.2 Å². The highest BCUT2D eigenvalue weighted by atomic mass is 32.2. The summed E-state index contributed by atoms with van der Waals surface area (Å²) in [4.78, 5) is 0.359. The van der Waals surface area contributed by atoms with Crippen LogP contribution in [0.5, 0.6) is 0 Å². The fraction of sp³-hybridized carbons (Fsp3) is 0.600. The average Bonchev–Trinajstić information content (AvgIpc) is 3.06. The molecule has 1 spiro atoms. The molecule has 0 aromatic heterocycles. The van der Waals surface area contributed by atoms with E-state index in [9.17, 15) is 8.42 Å². The molecular weight excluding hydrogens is 276 g/mol. The first kappa shape index (κ1) is 14.0. The molecule has 2 aliphatic heterocycles. The van der Waals surface area contributed by atoms with Gasteiger partial charge in [0.25, 0.3) is 0 Å². The first-order valence-electron chi connectivity index (χ1n) is 6.90. The maximum atomic E-state index is 12.4. The van der Waals surface area contributed by atoms with Gasteiger partial charge < -0.3 is 9.47 Å². The molecule has 0 amide bonds. The highest BCUT2D eigenvalue weighted by Gasteiger charge is 2.54. The third kappa shape index (κ3) is 2.90. The number of sulfone groups is 1. The van der Waals surface area contributed by atoms with Crippen molar-refractivity contribution in [3.8, 4) is 0 Å². The molecule has 0 bridgehead atoms. The van der Waals surface area contributed by atoms with Crippen LogP contribution in [0.1, 0.15) is 26.7 Å². The van der Waals surface area contributed by atoms with E-state index >= 15 is 0 Å². The number of epoxide rings is 1. The summed E-state index contributed by atoms with van der Waals surface area (Å²) in [7, 11) is -3.31. The summed E-state index contributed by atoms with van der Waals surface area (Å²) < 4.78 is 36.3. The third-order valence-corrected chi connectivity index (χ3v) is 5.69. The van der Waals surface area contributed by atoms with Gasteiger partial charge in [0, 0.05) is 12.8 Å². The van der Waals surface area contributed by atoms with Gasteiger partial charge in [-0.25, -0.2) is 8.42 Å². The Balaban J connectivity index is 1.77. The molecule has 20 heavy (non-hydrogen) atoms. The van der Waals surface area contributed by atoms with Crippen LogP contribution >= 0.6 is 0 Å². The van der Waals surface area contributed by atoms with Crippen molar-refractivity contribution in [3.63, 3.8) is 0 Å². The van der Waals surface area contributed by atoms with Crippen LogP contribution in [0.2, 0.25) is 0 Å². The average molecular weight is 296 g/mol. The van der Waals surface area contributed by atoms with Crippen LogP contribution in [0, 0.1) is 0 Å². The molecule has 5 heteroatoms. The van der Waals surface area contributed by atoms with E-state index in [1.165, 1.54) is 0 Å². The van der Waals surface area contributed by atoms with E-state index in [2.05, 4.69) is 0 Å². The Morgan fingerprint density at radius 2 is 1.90 bits per heavy atom. The predicted molar refractivity (Wildman–Crippen MR) is 75.4 cm³/mol. The largest absolute Gasteiger partial charge is 0.371 e. The molecule has 4 nitrogen and oxygen atoms in total. The Morgan fingerprint density at radius 1 is 1.25 bits per heavy atom. The number of ether oxygens (including phenoxy) is 2. The van der Waals surface area contributed by atoms with Crippen LogP contribution in [0.25, 0.3) is 0 Å². The van der Waals surface area contributed by atoms with Gasteiger partial charge >= 0.3 is 0 Å². The molecule has 1 aromatic rings. The first-order valence-corrected chi connectivity index (χ1v) is 8.55. The molecule has 0 saturated carbocycles. The van der Waals surface area contributed by atoms with Gasteiger partial charge in [-0.15, -0.1) is 0 Å². The standard InChI is InChI=1S/C15H20O4S/c1-14(2)10-15(11-18-15)8-12(19-14)9-20(16,17)13-6-4-3-5-7-13/h3-7,12H,8-11H2,1-2H3/t12-,15+/m0/s1. The van der Waals surface area contributed by atoms with Gasteiger partial charge in [0.05, 0.1) is 34.6 Å². The highest BCUT2D eigenvalue weighted by Crippen LogP contribution is 2.46. The van der Waals surface area contributed by atoms with E-state index in [0.29, 0.717) is 11.3 Å². The Bertz CT molecular complexity index is 582. The molecule has 0 radical (unpaired) electrons. The molecule has 0 N–H and O–H groups in total. The third-order valence-electron chi connectivity index (χ3n) is 3.89. The van der Waals surface area contributed by atoms with Crippen LogP contribution in [0.4, 0.5) is 0 Å². The summed E-state index contributed by atoms with van der Waals surface area (Å²) >= 11 is 0. The Hall–Kier alpha value is -0.910. The topological polar surface area (TPSA) is 55.9 Å². The summed E-state index contributed by atoms with van der Waals surface area (Å²) in [6.45, 7) is 4.72. The molecule has 0 unspecified atom stereocenters. The number of benzene rings is 1. The second kappa shape index (κ2) is 4.55. The van der Waals surface area contributed by atoms with E-state index in [1.807, 2.05) is 19.9 Å². The quantitative estimate of drug-likeness (QED) is 0.802. The number of rotatable bonds is 3. The van der Waals surface area contributed by atoms with Crippen molar-refractivity contribution >= 4 is 9.84 Å². The van der Waals surface area contributed by atoms with Gasteiger partial charge in [0.2, 0.25) is 0 Å². The zero-order valence-corrected chi connectivity index (χ0v) is 12.7. The summed E-state index contributed by atoms with van der Waals surface area (Å²) in [6, 6.07) is 8.56. The van der Waals surface area contributed by atoms with Crippen molar-refractivity contribution in [2.45, 2.75) is 48.9 Å². The van der Waals surface area contributed by atoms with Gasteiger partial charge in [0.1, 0.15) is 0 Å². The molecule has 2 aliphatic rings. The second-order valence-corrected chi connectivity index (χ2v) is 8.48. The SMILES string of the molecule is CC1(C)C[C@@]2(CO2)C[C@@H](CS(=O)(=O)c2ccccc2)O1. The predicted octanol–water partition coefficient (Wildman–Crippen LogP) is 2.19. The van der Waals surface area contributed by atoms with Gasteiger partial charge in [-0.2, -0.15) is 0 Å². The molecule has 2 atom stereocenters. The van der Waals surface area contributed by atoms with E-state index in [-0.39, 0.29) is 23.1 Å². The fourth-order valence-corrected chi connectivity index (χ4v) is 4.62. The number of hydrogen-bond donors (Lipinski definition) is 0. The molecule has 1 aromatic carbocycles. The summed E-state index contributed by atoms with van der Waals surface area (Å²) in [6.07, 6.45) is 1.20. The summed E-state index contributed by atoms with van der Waals surface area (Å²) in [5, 5.41) is 0. The van der Waals surface area contributed by atoms with Crippen LogP contribution in [-0.2, 0) is 19.3 Å². The minimum Gasteiger partial charge on any atom is -0.371 e. The zero-order chi connectivity index (χ0) is 14.4. The summed E-state index contributed by atoms with van der Waals surface area (Å²) in [5.74, 6) is 0.0194. The maximum absolute atomic E-state index is 12.4. The minimum absolute atomic E-state index is 0.0194. The zero-order valence-electron chi connectivity index (χ0n) is 11.8. The lowest BCUT2D eigenvalue weighted by Gasteiger charge is -2.39. The fourth-order valence-electron chi connectivity index (χ4n) is 3.18. The number of hydrogen-bond acceptors (Lipinski definition) is 4. The van der Waals surface area contributed by atoms with Crippen molar-refractivity contribution in [1.29, 1.82) is 0 Å². The summed E-state index contributed by atoms with van der Waals surface area (Å²) in [5.41, 5.74) is -0.468. The molecule has 2 fully saturated rings. The van der Waals surface area contributed by atoms with E-state index in [1.54, 1.807) is 24.3 Å². The van der Waals surface area contributed by atoms with Crippen LogP contribution in [-0.4, -0.2) is 38.1 Å². The van der Waals surface area contributed by atoms with Crippen molar-refractivity contribution in [2.24, 2.45) is 0 Å². The van der Waals surface area contributed by atoms with Crippen molar-refractivity contribution in [3.05, 3.63) is 30.3 Å². The van der Waals surface area contributed by atoms with Gasteiger partial charge in [-0.3, -0.25) is 0 Å². The molecule has 0 aliphatic carbocycles. The lowest BCUT2D eigenvalue weighted by atomic mass is 9.86. The van der Waals surface area contributed by atoms with Crippen LogP contribution in [0.15, 0.2) is 35.2 Å². The second-order valence-electron chi connectivity index (χ2n) is 6.45. The van der Waals surface area contributed by atoms with Crippen molar-refractivity contribution in [2.75, 3.05) is 12.4 Å². The minimum atomic E-state index is -3.31. The van der Waals surface area contributed by atoms with Crippen molar-refractivity contribution in [1.82, 2.24) is 0 Å². The molecular formula is C15H20O4S. The van der Waals surface area contributed by atoms with E-state index in [0.717, 1.165) is 13.0 Å². The maximum Gasteiger partial charge on any atom is 0.180 e. The van der Waals surface area contributed by atoms with E-state index < -0.39 is 9.84 Å². The van der Waals surface area contributed by atoms with Gasteiger partial charge in [0.15, 0.2) is 9.84 Å². The smallest absolute Gasteiger partial charge is 0.180 e. The van der Waals surface area contributed by atoms with Crippen LogP contribution < -0.4 is 0 Å². The Morgan fingerprint density at radius 3 is 2.50 bits per heavy atom. The lowest BCUT2D eigenvalue weighted by Crippen LogP contribution is -2.46. The Kier molecular flexibility index (Phi) is 3.19. The molecule has 2 saturated heterocycles. The molecule has 3 rings (SSSR count). The monoisotopic (exact) mass is 296 g/mol. The van der Waals surface area contributed by atoms with E-state index in [4.69, 9.17) is 9.47 Å². The molecule has 2 heterocycles. The van der Waals surface area contributed by atoms with Crippen LogP contribution in [0.3, 0.4) is 0 Å². The molecule has 110 valence electrons.